The fraction of sp³-hybridized carbons (Fsp3) is 0.316. The van der Waals surface area contributed by atoms with Crippen molar-refractivity contribution in [3.63, 3.8) is 0 Å². The minimum absolute atomic E-state index is 0.127. The van der Waals surface area contributed by atoms with Crippen LogP contribution >= 0.6 is 0 Å². The van der Waals surface area contributed by atoms with Gasteiger partial charge in [-0.1, -0.05) is 48.0 Å². The highest BCUT2D eigenvalue weighted by Crippen LogP contribution is 2.26. The number of rotatable bonds is 2. The van der Waals surface area contributed by atoms with Crippen LogP contribution in [0.1, 0.15) is 40.8 Å². The van der Waals surface area contributed by atoms with Gasteiger partial charge >= 0.3 is 0 Å². The molecule has 3 heteroatoms. The van der Waals surface area contributed by atoms with E-state index in [2.05, 4.69) is 43.3 Å². The van der Waals surface area contributed by atoms with Gasteiger partial charge in [0.2, 0.25) is 5.91 Å². The molecule has 1 amide bonds. The molecule has 3 rings (SSSR count). The molecule has 0 aliphatic carbocycles. The third-order valence-electron chi connectivity index (χ3n) is 4.45. The smallest absolute Gasteiger partial charge is 0.219 e. The molecule has 2 aromatic rings. The Hall–Kier alpha value is -2.13. The fourth-order valence-corrected chi connectivity index (χ4v) is 3.10. The van der Waals surface area contributed by atoms with E-state index in [-0.39, 0.29) is 11.9 Å². The van der Waals surface area contributed by atoms with E-state index >= 15 is 0 Å². The summed E-state index contributed by atoms with van der Waals surface area (Å²) in [5, 5.41) is 0. The SMILES string of the molecule is CC(=O)N1CCc2ccc(C(N)c3cccc(C)c3)cc2C1. The Morgan fingerprint density at radius 1 is 1.14 bits per heavy atom. The highest BCUT2D eigenvalue weighted by atomic mass is 16.2. The van der Waals surface area contributed by atoms with Gasteiger partial charge in [0.25, 0.3) is 0 Å². The van der Waals surface area contributed by atoms with Crippen LogP contribution in [0.5, 0.6) is 0 Å². The van der Waals surface area contributed by atoms with Crippen LogP contribution in [0.4, 0.5) is 0 Å². The van der Waals surface area contributed by atoms with Gasteiger partial charge in [0.05, 0.1) is 6.04 Å². The Bertz CT molecular complexity index is 708. The summed E-state index contributed by atoms with van der Waals surface area (Å²) >= 11 is 0. The van der Waals surface area contributed by atoms with Gasteiger partial charge in [0.1, 0.15) is 0 Å². The molecule has 0 saturated heterocycles. The standard InChI is InChI=1S/C19H22N2O/c1-13-4-3-5-16(10-13)19(20)17-7-6-15-8-9-21(14(2)22)12-18(15)11-17/h3-7,10-11,19H,8-9,12,20H2,1-2H3. The van der Waals surface area contributed by atoms with Crippen molar-refractivity contribution >= 4 is 5.91 Å². The largest absolute Gasteiger partial charge is 0.338 e. The Balaban J connectivity index is 1.90. The van der Waals surface area contributed by atoms with Crippen LogP contribution in [0.2, 0.25) is 0 Å². The summed E-state index contributed by atoms with van der Waals surface area (Å²) in [6, 6.07) is 14.6. The van der Waals surface area contributed by atoms with Crippen molar-refractivity contribution in [3.05, 3.63) is 70.3 Å². The third kappa shape index (κ3) is 2.90. The van der Waals surface area contributed by atoms with Gasteiger partial charge in [0, 0.05) is 20.0 Å². The predicted octanol–water partition coefficient (Wildman–Crippen LogP) is 2.95. The van der Waals surface area contributed by atoms with Gasteiger partial charge in [-0.05, 0) is 35.6 Å². The number of aryl methyl sites for hydroxylation is 1. The lowest BCUT2D eigenvalue weighted by Gasteiger charge is -2.28. The minimum atomic E-state index is -0.127. The second kappa shape index (κ2) is 5.93. The Morgan fingerprint density at radius 2 is 1.91 bits per heavy atom. The third-order valence-corrected chi connectivity index (χ3v) is 4.45. The number of fused-ring (bicyclic) bond motifs is 1. The molecule has 1 atom stereocenters. The molecule has 1 unspecified atom stereocenters. The number of carbonyl (C=O) groups is 1. The summed E-state index contributed by atoms with van der Waals surface area (Å²) in [6.07, 6.45) is 0.925. The first-order valence-electron chi connectivity index (χ1n) is 7.74. The van der Waals surface area contributed by atoms with E-state index in [1.807, 2.05) is 11.0 Å². The predicted molar refractivity (Wildman–Crippen MR) is 88.4 cm³/mol. The van der Waals surface area contributed by atoms with Crippen LogP contribution in [0, 0.1) is 6.92 Å². The molecule has 3 nitrogen and oxygen atoms in total. The molecule has 0 aromatic heterocycles. The number of hydrogen-bond acceptors (Lipinski definition) is 2. The van der Waals surface area contributed by atoms with Crippen molar-refractivity contribution in [2.24, 2.45) is 5.73 Å². The fourth-order valence-electron chi connectivity index (χ4n) is 3.10. The van der Waals surface area contributed by atoms with E-state index in [1.54, 1.807) is 6.92 Å². The molecule has 0 fully saturated rings. The summed E-state index contributed by atoms with van der Waals surface area (Å²) in [4.78, 5) is 13.5. The summed E-state index contributed by atoms with van der Waals surface area (Å²) < 4.78 is 0. The summed E-state index contributed by atoms with van der Waals surface area (Å²) in [7, 11) is 0. The first-order valence-corrected chi connectivity index (χ1v) is 7.74. The molecule has 0 radical (unpaired) electrons. The molecule has 22 heavy (non-hydrogen) atoms. The average molecular weight is 294 g/mol. The zero-order valence-electron chi connectivity index (χ0n) is 13.2. The van der Waals surface area contributed by atoms with Gasteiger partial charge in [-0.25, -0.2) is 0 Å². The number of carbonyl (C=O) groups excluding carboxylic acids is 1. The van der Waals surface area contributed by atoms with Gasteiger partial charge in [0.15, 0.2) is 0 Å². The monoisotopic (exact) mass is 294 g/mol. The van der Waals surface area contributed by atoms with Crippen LogP contribution in [0.3, 0.4) is 0 Å². The van der Waals surface area contributed by atoms with Crippen LogP contribution in [-0.4, -0.2) is 17.4 Å². The highest BCUT2D eigenvalue weighted by Gasteiger charge is 2.19. The number of hydrogen-bond donors (Lipinski definition) is 1. The van der Waals surface area contributed by atoms with E-state index in [4.69, 9.17) is 5.73 Å². The van der Waals surface area contributed by atoms with Crippen molar-refractivity contribution in [2.75, 3.05) is 6.54 Å². The van der Waals surface area contributed by atoms with Crippen LogP contribution in [-0.2, 0) is 17.8 Å². The Morgan fingerprint density at radius 3 is 2.64 bits per heavy atom. The molecular formula is C19H22N2O. The van der Waals surface area contributed by atoms with Crippen LogP contribution in [0.25, 0.3) is 0 Å². The Kier molecular flexibility index (Phi) is 3.99. The maximum Gasteiger partial charge on any atom is 0.219 e. The van der Waals surface area contributed by atoms with E-state index in [0.717, 1.165) is 24.1 Å². The maximum atomic E-state index is 11.6. The molecule has 2 aromatic carbocycles. The van der Waals surface area contributed by atoms with Gasteiger partial charge in [-0.3, -0.25) is 4.79 Å². The number of nitrogens with zero attached hydrogens (tertiary/aromatic N) is 1. The zero-order chi connectivity index (χ0) is 15.7. The first-order chi connectivity index (χ1) is 10.5. The zero-order valence-corrected chi connectivity index (χ0v) is 13.2. The molecule has 2 N–H and O–H groups in total. The molecule has 1 heterocycles. The van der Waals surface area contributed by atoms with Crippen molar-refractivity contribution < 1.29 is 4.79 Å². The molecule has 1 aliphatic rings. The number of nitrogens with two attached hydrogens (primary N) is 1. The van der Waals surface area contributed by atoms with Gasteiger partial charge in [-0.2, -0.15) is 0 Å². The number of benzene rings is 2. The lowest BCUT2D eigenvalue weighted by Crippen LogP contribution is -2.34. The normalized spacial score (nSPS) is 15.3. The van der Waals surface area contributed by atoms with Crippen molar-refractivity contribution in [1.82, 2.24) is 4.90 Å². The minimum Gasteiger partial charge on any atom is -0.338 e. The molecule has 0 bridgehead atoms. The molecular weight excluding hydrogens is 272 g/mol. The first kappa shape index (κ1) is 14.8. The van der Waals surface area contributed by atoms with E-state index in [9.17, 15) is 4.79 Å². The van der Waals surface area contributed by atoms with Crippen molar-refractivity contribution in [2.45, 2.75) is 32.9 Å². The second-order valence-electron chi connectivity index (χ2n) is 6.11. The van der Waals surface area contributed by atoms with E-state index in [0.29, 0.717) is 6.54 Å². The van der Waals surface area contributed by atoms with Crippen molar-refractivity contribution in [1.29, 1.82) is 0 Å². The van der Waals surface area contributed by atoms with Gasteiger partial charge < -0.3 is 10.6 Å². The quantitative estimate of drug-likeness (QED) is 0.925. The average Bonchev–Trinajstić information content (AvgIpc) is 2.53. The van der Waals surface area contributed by atoms with Crippen LogP contribution in [0.15, 0.2) is 42.5 Å². The molecule has 0 saturated carbocycles. The summed E-state index contributed by atoms with van der Waals surface area (Å²) in [5.41, 5.74) is 12.4. The Labute approximate surface area is 131 Å². The lowest BCUT2D eigenvalue weighted by atomic mass is 9.92. The maximum absolute atomic E-state index is 11.6. The summed E-state index contributed by atoms with van der Waals surface area (Å²) in [5.74, 6) is 0.138. The number of amides is 1. The topological polar surface area (TPSA) is 46.3 Å². The lowest BCUT2D eigenvalue weighted by molar-refractivity contribution is -0.129. The van der Waals surface area contributed by atoms with E-state index in [1.165, 1.54) is 16.7 Å². The molecule has 1 aliphatic heterocycles. The second-order valence-corrected chi connectivity index (χ2v) is 6.11. The van der Waals surface area contributed by atoms with Gasteiger partial charge in [-0.15, -0.1) is 0 Å². The van der Waals surface area contributed by atoms with E-state index < -0.39 is 0 Å². The van der Waals surface area contributed by atoms with Crippen LogP contribution < -0.4 is 5.73 Å². The van der Waals surface area contributed by atoms with Crippen molar-refractivity contribution in [3.8, 4) is 0 Å². The highest BCUT2D eigenvalue weighted by molar-refractivity contribution is 5.73. The molecule has 0 spiro atoms. The molecule has 114 valence electrons. The summed E-state index contributed by atoms with van der Waals surface area (Å²) in [6.45, 7) is 5.21.